The molecule has 2 rings (SSSR count). The number of piperazine rings is 1. The van der Waals surface area contributed by atoms with Crippen LogP contribution in [0, 0.1) is 0 Å². The Morgan fingerprint density at radius 3 is 2.41 bits per heavy atom. The average molecular weight is 305 g/mol. The van der Waals surface area contributed by atoms with E-state index in [2.05, 4.69) is 18.7 Å². The number of amides is 1. The molecule has 3 unspecified atom stereocenters. The van der Waals surface area contributed by atoms with Crippen LogP contribution in [0.15, 0.2) is 30.3 Å². The highest BCUT2D eigenvalue weighted by Gasteiger charge is 2.33. The molecule has 0 bridgehead atoms. The number of carbonyl (C=O) groups is 1. The monoisotopic (exact) mass is 305 g/mol. The lowest BCUT2D eigenvalue weighted by Gasteiger charge is -2.45. The number of hydrogen-bond acceptors (Lipinski definition) is 4. The lowest BCUT2D eigenvalue weighted by Crippen LogP contribution is -2.59. The molecule has 0 saturated carbocycles. The first kappa shape index (κ1) is 16.9. The van der Waals surface area contributed by atoms with E-state index in [1.54, 1.807) is 7.11 Å². The summed E-state index contributed by atoms with van der Waals surface area (Å²) in [5.74, 6) is 0.0105. The molecule has 1 saturated heterocycles. The van der Waals surface area contributed by atoms with Gasteiger partial charge in [-0.1, -0.05) is 30.3 Å². The van der Waals surface area contributed by atoms with Crippen LogP contribution in [0.1, 0.15) is 25.5 Å². The molecule has 1 aromatic rings. The van der Waals surface area contributed by atoms with E-state index in [-0.39, 0.29) is 5.91 Å². The highest BCUT2D eigenvalue weighted by atomic mass is 16.5. The Morgan fingerprint density at radius 2 is 1.86 bits per heavy atom. The minimum Gasteiger partial charge on any atom is -0.383 e. The minimum absolute atomic E-state index is 0.0105. The van der Waals surface area contributed by atoms with Crippen molar-refractivity contribution in [3.05, 3.63) is 35.9 Å². The summed E-state index contributed by atoms with van der Waals surface area (Å²) in [7, 11) is 1.72. The van der Waals surface area contributed by atoms with Crippen molar-refractivity contribution in [3.63, 3.8) is 0 Å². The van der Waals surface area contributed by atoms with Crippen molar-refractivity contribution in [2.45, 2.75) is 32.0 Å². The molecule has 0 aromatic heterocycles. The second-order valence-electron chi connectivity index (χ2n) is 6.06. The molecule has 1 amide bonds. The van der Waals surface area contributed by atoms with Crippen molar-refractivity contribution in [1.82, 2.24) is 9.80 Å². The number of hydrogen-bond donors (Lipinski definition) is 1. The van der Waals surface area contributed by atoms with Crippen molar-refractivity contribution in [2.24, 2.45) is 5.73 Å². The van der Waals surface area contributed by atoms with Crippen molar-refractivity contribution < 1.29 is 9.53 Å². The van der Waals surface area contributed by atoms with Crippen LogP contribution < -0.4 is 5.73 Å². The number of nitrogens with two attached hydrogens (primary N) is 1. The van der Waals surface area contributed by atoms with Gasteiger partial charge in [-0.2, -0.15) is 0 Å². The van der Waals surface area contributed by atoms with E-state index in [0.29, 0.717) is 31.8 Å². The number of carbonyl (C=O) groups excluding carboxylic acids is 1. The van der Waals surface area contributed by atoms with Gasteiger partial charge >= 0.3 is 0 Å². The maximum absolute atomic E-state index is 12.7. The van der Waals surface area contributed by atoms with Gasteiger partial charge in [0.25, 0.3) is 0 Å². The van der Waals surface area contributed by atoms with Crippen LogP contribution in [-0.4, -0.2) is 61.1 Å². The van der Waals surface area contributed by atoms with E-state index in [0.717, 1.165) is 12.1 Å². The van der Waals surface area contributed by atoms with Gasteiger partial charge in [-0.15, -0.1) is 0 Å². The summed E-state index contributed by atoms with van der Waals surface area (Å²) in [4.78, 5) is 17.0. The maximum atomic E-state index is 12.7. The molecule has 1 fully saturated rings. The quantitative estimate of drug-likeness (QED) is 0.889. The van der Waals surface area contributed by atoms with E-state index in [1.807, 2.05) is 35.2 Å². The fourth-order valence-corrected chi connectivity index (χ4v) is 3.17. The predicted molar refractivity (Wildman–Crippen MR) is 87.5 cm³/mol. The topological polar surface area (TPSA) is 58.8 Å². The molecule has 5 heteroatoms. The molecule has 2 N–H and O–H groups in total. The molecule has 5 nitrogen and oxygen atoms in total. The van der Waals surface area contributed by atoms with Crippen molar-refractivity contribution in [1.29, 1.82) is 0 Å². The third-order valence-corrected chi connectivity index (χ3v) is 4.39. The van der Waals surface area contributed by atoms with E-state index in [4.69, 9.17) is 10.5 Å². The van der Waals surface area contributed by atoms with Gasteiger partial charge in [-0.05, 0) is 19.4 Å². The van der Waals surface area contributed by atoms with Crippen LogP contribution >= 0.6 is 0 Å². The number of rotatable bonds is 5. The van der Waals surface area contributed by atoms with Crippen molar-refractivity contribution >= 4 is 5.91 Å². The number of nitrogens with zero attached hydrogens (tertiary/aromatic N) is 2. The zero-order chi connectivity index (χ0) is 16.1. The summed E-state index contributed by atoms with van der Waals surface area (Å²) in [6.45, 7) is 7.35. The van der Waals surface area contributed by atoms with Crippen LogP contribution in [-0.2, 0) is 9.53 Å². The number of methoxy groups -OCH3 is 1. The Kier molecular flexibility index (Phi) is 5.94. The minimum atomic E-state index is -0.578. The van der Waals surface area contributed by atoms with Crippen LogP contribution in [0.3, 0.4) is 0 Å². The third-order valence-electron chi connectivity index (χ3n) is 4.39. The fraction of sp³-hybridized carbons (Fsp3) is 0.588. The van der Waals surface area contributed by atoms with E-state index < -0.39 is 6.04 Å². The summed E-state index contributed by atoms with van der Waals surface area (Å²) in [5, 5.41) is 0. The van der Waals surface area contributed by atoms with Crippen molar-refractivity contribution in [2.75, 3.05) is 33.4 Å². The smallest absolute Gasteiger partial charge is 0.244 e. The van der Waals surface area contributed by atoms with Gasteiger partial charge in [0.05, 0.1) is 6.61 Å². The Hall–Kier alpha value is -1.43. The van der Waals surface area contributed by atoms with Gasteiger partial charge < -0.3 is 15.4 Å². The number of benzene rings is 1. The van der Waals surface area contributed by atoms with Crippen LogP contribution in [0.2, 0.25) is 0 Å². The molecular weight excluding hydrogens is 278 g/mol. The first-order valence-electron chi connectivity index (χ1n) is 7.88. The molecule has 0 aliphatic carbocycles. The molecule has 1 aliphatic heterocycles. The molecule has 1 aromatic carbocycles. The van der Waals surface area contributed by atoms with Crippen LogP contribution in [0.25, 0.3) is 0 Å². The zero-order valence-corrected chi connectivity index (χ0v) is 13.7. The second-order valence-corrected chi connectivity index (χ2v) is 6.06. The lowest BCUT2D eigenvalue weighted by molar-refractivity contribution is -0.137. The summed E-state index contributed by atoms with van der Waals surface area (Å²) in [5.41, 5.74) is 7.02. The molecular formula is C17H27N3O2. The van der Waals surface area contributed by atoms with Gasteiger partial charge in [-0.3, -0.25) is 9.69 Å². The first-order chi connectivity index (χ1) is 10.5. The summed E-state index contributed by atoms with van der Waals surface area (Å²) < 4.78 is 5.17. The summed E-state index contributed by atoms with van der Waals surface area (Å²) in [6, 6.07) is 9.61. The van der Waals surface area contributed by atoms with Crippen LogP contribution in [0.4, 0.5) is 0 Å². The second kappa shape index (κ2) is 7.72. The third kappa shape index (κ3) is 3.85. The highest BCUT2D eigenvalue weighted by Crippen LogP contribution is 2.19. The van der Waals surface area contributed by atoms with E-state index >= 15 is 0 Å². The van der Waals surface area contributed by atoms with Gasteiger partial charge in [0.2, 0.25) is 5.91 Å². The Balaban J connectivity index is 2.00. The predicted octanol–water partition coefficient (Wildman–Crippen LogP) is 1.25. The van der Waals surface area contributed by atoms with Gasteiger partial charge in [0.15, 0.2) is 0 Å². The fourth-order valence-electron chi connectivity index (χ4n) is 3.17. The summed E-state index contributed by atoms with van der Waals surface area (Å²) in [6.07, 6.45) is 0. The number of ether oxygens (including phenoxy) is 1. The van der Waals surface area contributed by atoms with Gasteiger partial charge in [0, 0.05) is 38.8 Å². The first-order valence-corrected chi connectivity index (χ1v) is 7.88. The van der Waals surface area contributed by atoms with Gasteiger partial charge in [0.1, 0.15) is 6.04 Å². The Morgan fingerprint density at radius 1 is 1.27 bits per heavy atom. The maximum Gasteiger partial charge on any atom is 0.244 e. The molecule has 1 heterocycles. The van der Waals surface area contributed by atoms with E-state index in [9.17, 15) is 4.79 Å². The van der Waals surface area contributed by atoms with Crippen LogP contribution in [0.5, 0.6) is 0 Å². The molecule has 0 spiro atoms. The Bertz CT molecular complexity index is 468. The SMILES string of the molecule is COCCN1C(C)CN(C(=O)C(N)c2ccccc2)CC1C. The molecule has 0 radical (unpaired) electrons. The standard InChI is InChI=1S/C17H27N3O2/c1-13-11-19(12-14(2)20(13)9-10-22-3)17(21)16(18)15-7-5-4-6-8-15/h4-8,13-14,16H,9-12,18H2,1-3H3. The highest BCUT2D eigenvalue weighted by molar-refractivity contribution is 5.83. The average Bonchev–Trinajstić information content (AvgIpc) is 2.53. The van der Waals surface area contributed by atoms with Gasteiger partial charge in [-0.25, -0.2) is 0 Å². The zero-order valence-electron chi connectivity index (χ0n) is 13.7. The Labute approximate surface area is 133 Å². The molecule has 3 atom stereocenters. The molecule has 22 heavy (non-hydrogen) atoms. The molecule has 122 valence electrons. The normalized spacial score (nSPS) is 24.3. The van der Waals surface area contributed by atoms with Crippen molar-refractivity contribution in [3.8, 4) is 0 Å². The molecule has 1 aliphatic rings. The largest absolute Gasteiger partial charge is 0.383 e. The summed E-state index contributed by atoms with van der Waals surface area (Å²) >= 11 is 0. The van der Waals surface area contributed by atoms with E-state index in [1.165, 1.54) is 0 Å². The lowest BCUT2D eigenvalue weighted by atomic mass is 10.0.